The van der Waals surface area contributed by atoms with Gasteiger partial charge in [-0.3, -0.25) is 19.6 Å². The van der Waals surface area contributed by atoms with Crippen LogP contribution >= 0.6 is 0 Å². The van der Waals surface area contributed by atoms with Gasteiger partial charge in [0.1, 0.15) is 46.8 Å². The Balaban J connectivity index is 0.000000204. The smallest absolute Gasteiger partial charge is 0.305 e. The summed E-state index contributed by atoms with van der Waals surface area (Å²) in [5, 5.41) is 41.8. The first-order valence-corrected chi connectivity index (χ1v) is 25.8. The van der Waals surface area contributed by atoms with E-state index < -0.39 is 11.9 Å². The zero-order valence-electron chi connectivity index (χ0n) is 43.0. The number of piperidine rings is 2. The molecule has 6 atom stereocenters. The molecular formula is C58H68F2N6O8. The third-order valence-electron chi connectivity index (χ3n) is 14.6. The molecule has 4 aliphatic rings. The monoisotopic (exact) mass is 1010 g/mol. The van der Waals surface area contributed by atoms with Crippen molar-refractivity contribution in [3.63, 3.8) is 0 Å². The molecule has 14 nitrogen and oxygen atoms in total. The number of aryl methyl sites for hydroxylation is 1. The third kappa shape index (κ3) is 12.5. The van der Waals surface area contributed by atoms with E-state index in [1.165, 1.54) is 29.8 Å². The van der Waals surface area contributed by atoms with Gasteiger partial charge in [0, 0.05) is 81.0 Å². The molecule has 6 unspecified atom stereocenters. The molecule has 9 rings (SSSR count). The lowest BCUT2D eigenvalue weighted by atomic mass is 9.87. The van der Waals surface area contributed by atoms with Gasteiger partial charge in [-0.25, -0.2) is 8.78 Å². The van der Waals surface area contributed by atoms with Gasteiger partial charge >= 0.3 is 11.9 Å². The van der Waals surface area contributed by atoms with Gasteiger partial charge in [-0.05, 0) is 106 Å². The number of halogens is 2. The summed E-state index contributed by atoms with van der Waals surface area (Å²) in [6.07, 6.45) is 3.07. The number of benzene rings is 5. The first kappa shape index (κ1) is 52.9. The van der Waals surface area contributed by atoms with Crippen molar-refractivity contribution in [3.05, 3.63) is 132 Å². The van der Waals surface area contributed by atoms with Gasteiger partial charge in [0.15, 0.2) is 0 Å². The number of carbonyl (C=O) groups is 2. The number of ether oxygens (including phenoxy) is 3. The largest absolute Gasteiger partial charge is 0.508 e. The fraction of sp³-hybridized carbons (Fsp3) is 0.414. The van der Waals surface area contributed by atoms with Crippen molar-refractivity contribution in [3.8, 4) is 23.0 Å². The maximum absolute atomic E-state index is 14.6. The molecule has 0 saturated carbocycles. The lowest BCUT2D eigenvalue weighted by molar-refractivity contribution is -0.138. The molecule has 4 aliphatic heterocycles. The number of hydrogen-bond donors (Lipinski definition) is 3. The van der Waals surface area contributed by atoms with E-state index in [9.17, 15) is 33.7 Å². The number of hydrogen-bond acceptors (Lipinski definition) is 12. The predicted octanol–water partition coefficient (Wildman–Crippen LogP) is 11.2. The summed E-state index contributed by atoms with van der Waals surface area (Å²) >= 11 is 0. The van der Waals surface area contributed by atoms with E-state index in [-0.39, 0.29) is 72.3 Å². The summed E-state index contributed by atoms with van der Waals surface area (Å²) in [7, 11) is 0. The molecule has 3 N–H and O–H groups in total. The number of aliphatic carboxylic acids is 2. The van der Waals surface area contributed by atoms with Gasteiger partial charge < -0.3 is 39.3 Å². The summed E-state index contributed by atoms with van der Waals surface area (Å²) in [6.45, 7) is 15.3. The topological polar surface area (TPSA) is 160 Å². The van der Waals surface area contributed by atoms with E-state index >= 15 is 0 Å². The second kappa shape index (κ2) is 23.7. The maximum atomic E-state index is 14.6. The number of aromatic hydroxyl groups is 1. The van der Waals surface area contributed by atoms with Crippen LogP contribution in [-0.2, 0) is 9.59 Å². The Labute approximate surface area is 432 Å². The molecule has 74 heavy (non-hydrogen) atoms. The second-order valence-corrected chi connectivity index (χ2v) is 19.8. The third-order valence-corrected chi connectivity index (χ3v) is 14.6. The Hall–Kier alpha value is -7.36. The summed E-state index contributed by atoms with van der Waals surface area (Å²) in [5.74, 6) is 0.197. The first-order chi connectivity index (χ1) is 35.6. The minimum absolute atomic E-state index is 0.000219. The molecule has 0 aromatic heterocycles. The quantitative estimate of drug-likeness (QED) is 0.0860. The Morgan fingerprint density at radius 3 is 1.81 bits per heavy atom. The molecule has 5 aromatic carbocycles. The summed E-state index contributed by atoms with van der Waals surface area (Å²) in [6, 6.07) is 32.1. The van der Waals surface area contributed by atoms with Crippen molar-refractivity contribution < 1.29 is 47.9 Å². The average molecular weight is 1020 g/mol. The van der Waals surface area contributed by atoms with E-state index in [0.717, 1.165) is 65.5 Å². The van der Waals surface area contributed by atoms with Crippen molar-refractivity contribution in [2.45, 2.75) is 104 Å². The summed E-state index contributed by atoms with van der Waals surface area (Å²) < 4.78 is 46.8. The Morgan fingerprint density at radius 2 is 1.22 bits per heavy atom. The van der Waals surface area contributed by atoms with Crippen LogP contribution in [0.15, 0.2) is 119 Å². The average Bonchev–Trinajstić information content (AvgIpc) is 3.88. The minimum atomic E-state index is -0.839. The molecule has 0 amide bonds. The van der Waals surface area contributed by atoms with Gasteiger partial charge in [0.2, 0.25) is 0 Å². The van der Waals surface area contributed by atoms with Crippen LogP contribution in [0.1, 0.15) is 84.3 Å². The van der Waals surface area contributed by atoms with Crippen LogP contribution < -0.4 is 34.0 Å². The zero-order valence-corrected chi connectivity index (χ0v) is 43.0. The summed E-state index contributed by atoms with van der Waals surface area (Å²) in [5.41, 5.74) is 6.69. The highest BCUT2D eigenvalue weighted by Gasteiger charge is 2.39. The van der Waals surface area contributed by atoms with E-state index in [1.54, 1.807) is 17.1 Å². The van der Waals surface area contributed by atoms with E-state index in [4.69, 9.17) is 19.3 Å². The van der Waals surface area contributed by atoms with Crippen LogP contribution in [0, 0.1) is 36.3 Å². The molecule has 0 spiro atoms. The highest BCUT2D eigenvalue weighted by atomic mass is 19.1. The highest BCUT2D eigenvalue weighted by Crippen LogP contribution is 2.38. The molecule has 4 heterocycles. The molecule has 2 saturated heterocycles. The van der Waals surface area contributed by atoms with Gasteiger partial charge in [0.25, 0.3) is 0 Å². The zero-order chi connectivity index (χ0) is 52.6. The number of rotatable bonds is 16. The Bertz CT molecular complexity index is 2790. The Kier molecular flexibility index (Phi) is 16.9. The maximum Gasteiger partial charge on any atom is 0.305 e. The van der Waals surface area contributed by atoms with Crippen molar-refractivity contribution in [1.82, 2.24) is 0 Å². The standard InChI is InChI=1S/C34H40FN3O4.C24H28FN3O4/c1-5-28-30(20-33(39)40)38(36-34(28)24-9-7-22(3)8-10-24)25-11-13-26(14-12-25)42-32-17-18-37(21-23(32)4)31-19-27(41-6-2)15-16-29(31)35;1-15-16(2)26-28(22(15)14-24(30)31)17-3-6-19(7-4-17)32-20-9-11-27(12-10-20)23-13-18(29)5-8-21(23)25/h7-16,19,23,28,30,32H,5-6,17-18,20-21H2,1-4H3,(H,39,40);3-8,13,15,20,22,29H,9-12,14H2,1-2H3,(H,30,31). The molecule has 0 bridgehead atoms. The van der Waals surface area contributed by atoms with E-state index in [2.05, 4.69) is 48.1 Å². The lowest BCUT2D eigenvalue weighted by Crippen LogP contribution is -2.44. The lowest BCUT2D eigenvalue weighted by Gasteiger charge is -2.38. The Morgan fingerprint density at radius 1 is 0.662 bits per heavy atom. The number of hydrazone groups is 2. The minimum Gasteiger partial charge on any atom is -0.508 e. The van der Waals surface area contributed by atoms with Crippen molar-refractivity contribution in [2.75, 3.05) is 52.6 Å². The molecule has 0 radical (unpaired) electrons. The number of carboxylic acid groups (broad SMARTS) is 2. The number of anilines is 4. The van der Waals surface area contributed by atoms with Crippen molar-refractivity contribution >= 4 is 46.1 Å². The van der Waals surface area contributed by atoms with Crippen molar-refractivity contribution in [2.24, 2.45) is 28.0 Å². The normalized spacial score (nSPS) is 21.9. The van der Waals surface area contributed by atoms with Crippen molar-refractivity contribution in [1.29, 1.82) is 0 Å². The molecule has 2 fully saturated rings. The van der Waals surface area contributed by atoms with Gasteiger partial charge in [-0.1, -0.05) is 50.6 Å². The van der Waals surface area contributed by atoms with Crippen LogP contribution in [0.5, 0.6) is 23.0 Å². The SMILES string of the molecule is CC1=NN(c2ccc(OC3CCN(c4cc(O)ccc4F)CC3)cc2)C(CC(=O)O)C1C.CCOc1ccc(F)c(N2CCC(Oc3ccc(N4N=C(c5ccc(C)cc5)C(CC)C4CC(=O)O)cc3)C(C)C2)c1. The van der Waals surface area contributed by atoms with Crippen LogP contribution in [-0.4, -0.2) is 95.8 Å². The molecule has 16 heteroatoms. The molecule has 5 aromatic rings. The number of nitrogens with zero attached hydrogens (tertiary/aromatic N) is 6. The number of phenolic OH excluding ortho intramolecular Hbond substituents is 1. The fourth-order valence-electron chi connectivity index (χ4n) is 10.4. The van der Waals surface area contributed by atoms with Crippen LogP contribution in [0.4, 0.5) is 31.5 Å². The second-order valence-electron chi connectivity index (χ2n) is 19.8. The number of phenols is 1. The van der Waals surface area contributed by atoms with Crippen LogP contribution in [0.25, 0.3) is 0 Å². The van der Waals surface area contributed by atoms with Crippen LogP contribution in [0.2, 0.25) is 0 Å². The summed E-state index contributed by atoms with van der Waals surface area (Å²) in [4.78, 5) is 27.1. The van der Waals surface area contributed by atoms with Crippen LogP contribution in [0.3, 0.4) is 0 Å². The first-order valence-electron chi connectivity index (χ1n) is 25.8. The highest BCUT2D eigenvalue weighted by molar-refractivity contribution is 6.05. The number of carboxylic acids is 2. The predicted molar refractivity (Wildman–Crippen MR) is 286 cm³/mol. The van der Waals surface area contributed by atoms with E-state index in [1.807, 2.05) is 86.1 Å². The molecule has 0 aliphatic carbocycles. The molecular weight excluding hydrogens is 947 g/mol. The van der Waals surface area contributed by atoms with E-state index in [0.29, 0.717) is 49.9 Å². The van der Waals surface area contributed by atoms with Gasteiger partial charge in [-0.15, -0.1) is 0 Å². The molecule has 392 valence electrons. The van der Waals surface area contributed by atoms with Gasteiger partial charge in [-0.2, -0.15) is 10.2 Å². The fourth-order valence-corrected chi connectivity index (χ4v) is 10.4. The van der Waals surface area contributed by atoms with Gasteiger partial charge in [0.05, 0.1) is 60.0 Å².